The molecule has 0 saturated heterocycles. The lowest BCUT2D eigenvalue weighted by Crippen LogP contribution is -2.57. The molecule has 0 aliphatic rings. The molecule has 10 heavy (non-hydrogen) atoms. The summed E-state index contributed by atoms with van der Waals surface area (Å²) in [7, 11) is 1.81. The van der Waals surface area contributed by atoms with Crippen LogP contribution in [0.2, 0.25) is 0 Å². The fraction of sp³-hybridized carbons (Fsp3) is 1.00. The minimum Gasteiger partial charge on any atom is -0.363 e. The molecule has 3 heteroatoms. The molecule has 0 aromatic heterocycles. The van der Waals surface area contributed by atoms with Gasteiger partial charge >= 0.3 is 0 Å². The van der Waals surface area contributed by atoms with E-state index >= 15 is 0 Å². The highest BCUT2D eigenvalue weighted by Crippen LogP contribution is 2.12. The number of nitrogens with two attached hydrogens (primary N) is 1. The quantitative estimate of drug-likeness (QED) is 0.559. The third-order valence-electron chi connectivity index (χ3n) is 1.94. The van der Waals surface area contributed by atoms with Crippen molar-refractivity contribution in [3.05, 3.63) is 0 Å². The maximum Gasteiger partial charge on any atom is 0.173 e. The van der Waals surface area contributed by atoms with Gasteiger partial charge in [-0.05, 0) is 13.6 Å². The van der Waals surface area contributed by atoms with E-state index in [-0.39, 0.29) is 5.92 Å². The molecule has 0 aromatic carbocycles. The highest BCUT2D eigenvalue weighted by Gasteiger charge is 2.29. The first kappa shape index (κ1) is 9.88. The van der Waals surface area contributed by atoms with E-state index in [2.05, 4.69) is 0 Å². The van der Waals surface area contributed by atoms with Gasteiger partial charge in [-0.25, -0.2) is 0 Å². The van der Waals surface area contributed by atoms with E-state index in [4.69, 9.17) is 5.73 Å². The van der Waals surface area contributed by atoms with Crippen molar-refractivity contribution in [2.24, 2.45) is 11.7 Å². The topological polar surface area (TPSA) is 49.5 Å². The summed E-state index contributed by atoms with van der Waals surface area (Å²) < 4.78 is 0. The number of nitrogens with zero attached hydrogens (tertiary/aromatic N) is 1. The van der Waals surface area contributed by atoms with Crippen LogP contribution in [0.4, 0.5) is 0 Å². The summed E-state index contributed by atoms with van der Waals surface area (Å²) >= 11 is 0. The average Bonchev–Trinajstić information content (AvgIpc) is 1.86. The van der Waals surface area contributed by atoms with Gasteiger partial charge in [0.15, 0.2) is 5.85 Å². The predicted octanol–water partition coefficient (Wildman–Crippen LogP) is 0.199. The van der Waals surface area contributed by atoms with E-state index in [1.54, 1.807) is 11.9 Å². The minimum absolute atomic E-state index is 0.0532. The summed E-state index contributed by atoms with van der Waals surface area (Å²) in [6.45, 7) is 6.50. The summed E-state index contributed by atoms with van der Waals surface area (Å²) in [6.07, 6.45) is 0. The van der Waals surface area contributed by atoms with Gasteiger partial charge in [0.05, 0.1) is 0 Å². The Morgan fingerprint density at radius 2 is 2.00 bits per heavy atom. The second kappa shape index (κ2) is 3.32. The van der Waals surface area contributed by atoms with Crippen LogP contribution in [-0.2, 0) is 0 Å². The molecule has 0 aliphatic carbocycles. The van der Waals surface area contributed by atoms with Gasteiger partial charge in [0.1, 0.15) is 0 Å². The van der Waals surface area contributed by atoms with Crippen LogP contribution in [0.5, 0.6) is 0 Å². The fourth-order valence-electron chi connectivity index (χ4n) is 0.694. The maximum absolute atomic E-state index is 9.56. The van der Waals surface area contributed by atoms with Crippen molar-refractivity contribution in [1.82, 2.24) is 4.90 Å². The zero-order valence-electron chi connectivity index (χ0n) is 7.26. The molecule has 0 fully saturated rings. The lowest BCUT2D eigenvalue weighted by Gasteiger charge is -2.35. The number of rotatable bonds is 3. The van der Waals surface area contributed by atoms with Crippen molar-refractivity contribution in [3.8, 4) is 0 Å². The van der Waals surface area contributed by atoms with Crippen LogP contribution in [0, 0.1) is 5.92 Å². The molecule has 0 radical (unpaired) electrons. The molecule has 0 bridgehead atoms. The molecule has 3 N–H and O–H groups in total. The number of aliphatic hydroxyl groups is 1. The van der Waals surface area contributed by atoms with Crippen LogP contribution in [0.3, 0.4) is 0 Å². The lowest BCUT2D eigenvalue weighted by molar-refractivity contribution is -0.123. The van der Waals surface area contributed by atoms with Crippen LogP contribution in [-0.4, -0.2) is 29.4 Å². The Labute approximate surface area is 62.8 Å². The summed E-state index contributed by atoms with van der Waals surface area (Å²) in [5.74, 6) is -1.10. The van der Waals surface area contributed by atoms with Gasteiger partial charge in [-0.2, -0.15) is 0 Å². The van der Waals surface area contributed by atoms with Gasteiger partial charge < -0.3 is 5.11 Å². The number of hydrogen-bond acceptors (Lipinski definition) is 3. The highest BCUT2D eigenvalue weighted by molar-refractivity contribution is 4.72. The van der Waals surface area contributed by atoms with Crippen LogP contribution in [0.25, 0.3) is 0 Å². The molecule has 1 unspecified atom stereocenters. The Hall–Kier alpha value is -0.120. The van der Waals surface area contributed by atoms with E-state index in [0.717, 1.165) is 6.54 Å². The Morgan fingerprint density at radius 3 is 2.10 bits per heavy atom. The first-order valence-corrected chi connectivity index (χ1v) is 3.65. The molecule has 1 atom stereocenters. The number of hydrogen-bond donors (Lipinski definition) is 2. The third kappa shape index (κ3) is 1.94. The van der Waals surface area contributed by atoms with Crippen molar-refractivity contribution < 1.29 is 5.11 Å². The second-order valence-corrected chi connectivity index (χ2v) is 2.95. The SMILES string of the molecule is CCN(C)C(N)(O)C(C)C. The van der Waals surface area contributed by atoms with Crippen LogP contribution in [0.15, 0.2) is 0 Å². The predicted molar refractivity (Wildman–Crippen MR) is 42.3 cm³/mol. The lowest BCUT2D eigenvalue weighted by atomic mass is 10.1. The van der Waals surface area contributed by atoms with Crippen molar-refractivity contribution in [2.75, 3.05) is 13.6 Å². The first-order valence-electron chi connectivity index (χ1n) is 3.65. The first-order chi connectivity index (χ1) is 4.42. The molecule has 0 amide bonds. The third-order valence-corrected chi connectivity index (χ3v) is 1.94. The van der Waals surface area contributed by atoms with Gasteiger partial charge in [-0.15, -0.1) is 0 Å². The Morgan fingerprint density at radius 1 is 1.60 bits per heavy atom. The normalized spacial score (nSPS) is 18.0. The van der Waals surface area contributed by atoms with Crippen molar-refractivity contribution in [3.63, 3.8) is 0 Å². The zero-order chi connectivity index (χ0) is 8.36. The molecule has 0 heterocycles. The Bertz CT molecular complexity index is 102. The van der Waals surface area contributed by atoms with Crippen molar-refractivity contribution in [1.29, 1.82) is 0 Å². The van der Waals surface area contributed by atoms with E-state index in [0.29, 0.717) is 0 Å². The monoisotopic (exact) mass is 146 g/mol. The molecule has 0 saturated carbocycles. The van der Waals surface area contributed by atoms with Crippen LogP contribution >= 0.6 is 0 Å². The zero-order valence-corrected chi connectivity index (χ0v) is 7.26. The summed E-state index contributed by atoms with van der Waals surface area (Å²) in [5, 5.41) is 9.56. The van der Waals surface area contributed by atoms with Crippen molar-refractivity contribution >= 4 is 0 Å². The molecule has 3 nitrogen and oxygen atoms in total. The van der Waals surface area contributed by atoms with E-state index in [9.17, 15) is 5.11 Å². The van der Waals surface area contributed by atoms with Gasteiger partial charge in [-0.3, -0.25) is 10.6 Å². The second-order valence-electron chi connectivity index (χ2n) is 2.95. The largest absolute Gasteiger partial charge is 0.363 e. The van der Waals surface area contributed by atoms with E-state index in [1.807, 2.05) is 20.8 Å². The molecular weight excluding hydrogens is 128 g/mol. The van der Waals surface area contributed by atoms with Crippen LogP contribution in [0.1, 0.15) is 20.8 Å². The molecule has 0 aromatic rings. The summed E-state index contributed by atoms with van der Waals surface area (Å²) in [5.41, 5.74) is 5.60. The van der Waals surface area contributed by atoms with Gasteiger partial charge in [-0.1, -0.05) is 20.8 Å². The van der Waals surface area contributed by atoms with Gasteiger partial charge in [0.2, 0.25) is 0 Å². The van der Waals surface area contributed by atoms with Crippen LogP contribution < -0.4 is 5.73 Å². The Balaban J connectivity index is 4.09. The van der Waals surface area contributed by atoms with Crippen molar-refractivity contribution in [2.45, 2.75) is 26.6 Å². The Kier molecular flexibility index (Phi) is 3.28. The van der Waals surface area contributed by atoms with E-state index < -0.39 is 5.85 Å². The molecule has 0 aliphatic heterocycles. The van der Waals surface area contributed by atoms with Gasteiger partial charge in [0, 0.05) is 5.92 Å². The minimum atomic E-state index is -1.16. The highest BCUT2D eigenvalue weighted by atomic mass is 16.3. The summed E-state index contributed by atoms with van der Waals surface area (Å²) in [6, 6.07) is 0. The molecular formula is C7H18N2O. The standard InChI is InChI=1S/C7H18N2O/c1-5-9(4)7(8,10)6(2)3/h6,10H,5,8H2,1-4H3. The average molecular weight is 146 g/mol. The van der Waals surface area contributed by atoms with Gasteiger partial charge in [0.25, 0.3) is 0 Å². The molecule has 0 rings (SSSR count). The molecule has 0 spiro atoms. The smallest absolute Gasteiger partial charge is 0.173 e. The maximum atomic E-state index is 9.56. The molecule has 62 valence electrons. The fourth-order valence-corrected chi connectivity index (χ4v) is 0.694. The summed E-state index contributed by atoms with van der Waals surface area (Å²) in [4.78, 5) is 1.72. The van der Waals surface area contributed by atoms with E-state index in [1.165, 1.54) is 0 Å².